The Bertz CT molecular complexity index is 414. The van der Waals surface area contributed by atoms with Crippen LogP contribution in [0.2, 0.25) is 0 Å². The SMILES string of the molecule is CCCC1CCC(c2ccc(CC(=O)OC)cc2)CC1. The van der Waals surface area contributed by atoms with Crippen molar-refractivity contribution in [1.29, 1.82) is 0 Å². The van der Waals surface area contributed by atoms with Gasteiger partial charge in [0.05, 0.1) is 13.5 Å². The largest absolute Gasteiger partial charge is 0.469 e. The number of carbonyl (C=O) groups is 1. The quantitative estimate of drug-likeness (QED) is 0.740. The zero-order chi connectivity index (χ0) is 14.4. The third-order valence-electron chi connectivity index (χ3n) is 4.57. The normalized spacial score (nSPS) is 22.5. The Morgan fingerprint density at radius 2 is 1.80 bits per heavy atom. The van der Waals surface area contributed by atoms with Crippen LogP contribution in [0, 0.1) is 5.92 Å². The summed E-state index contributed by atoms with van der Waals surface area (Å²) < 4.78 is 4.70. The Kier molecular flexibility index (Phi) is 5.63. The van der Waals surface area contributed by atoms with Gasteiger partial charge in [-0.2, -0.15) is 0 Å². The molecule has 0 radical (unpaired) electrons. The molecule has 0 unspecified atom stereocenters. The smallest absolute Gasteiger partial charge is 0.309 e. The van der Waals surface area contributed by atoms with Gasteiger partial charge in [0.25, 0.3) is 0 Å². The van der Waals surface area contributed by atoms with Crippen LogP contribution >= 0.6 is 0 Å². The molecule has 1 aliphatic carbocycles. The fourth-order valence-corrected chi connectivity index (χ4v) is 3.34. The monoisotopic (exact) mass is 274 g/mol. The maximum Gasteiger partial charge on any atom is 0.309 e. The molecule has 0 heterocycles. The highest BCUT2D eigenvalue weighted by Crippen LogP contribution is 2.37. The van der Waals surface area contributed by atoms with Gasteiger partial charge < -0.3 is 4.74 Å². The molecular weight excluding hydrogens is 248 g/mol. The standard InChI is InChI=1S/C18H26O2/c1-3-4-14-5-9-16(10-6-14)17-11-7-15(8-12-17)13-18(19)20-2/h7-8,11-12,14,16H,3-6,9-10,13H2,1-2H3. The number of hydrogen-bond donors (Lipinski definition) is 0. The molecule has 0 N–H and O–H groups in total. The maximum atomic E-state index is 11.2. The van der Waals surface area contributed by atoms with Crippen LogP contribution in [-0.2, 0) is 16.0 Å². The molecule has 0 spiro atoms. The molecule has 0 aromatic heterocycles. The van der Waals surface area contributed by atoms with Crippen molar-refractivity contribution in [2.75, 3.05) is 7.11 Å². The number of methoxy groups -OCH3 is 1. The lowest BCUT2D eigenvalue weighted by atomic mass is 9.77. The minimum Gasteiger partial charge on any atom is -0.469 e. The van der Waals surface area contributed by atoms with Gasteiger partial charge in [0.2, 0.25) is 0 Å². The van der Waals surface area contributed by atoms with Crippen molar-refractivity contribution in [1.82, 2.24) is 0 Å². The summed E-state index contributed by atoms with van der Waals surface area (Å²) in [4.78, 5) is 11.2. The van der Waals surface area contributed by atoms with Crippen molar-refractivity contribution >= 4 is 5.97 Å². The molecule has 0 bridgehead atoms. The lowest BCUT2D eigenvalue weighted by Crippen LogP contribution is -2.13. The van der Waals surface area contributed by atoms with Crippen LogP contribution in [0.5, 0.6) is 0 Å². The van der Waals surface area contributed by atoms with E-state index in [4.69, 9.17) is 4.74 Å². The highest BCUT2D eigenvalue weighted by atomic mass is 16.5. The van der Waals surface area contributed by atoms with Gasteiger partial charge in [-0.05, 0) is 48.6 Å². The molecule has 2 rings (SSSR count). The molecule has 0 aliphatic heterocycles. The van der Waals surface area contributed by atoms with E-state index in [1.54, 1.807) is 0 Å². The fourth-order valence-electron chi connectivity index (χ4n) is 3.34. The van der Waals surface area contributed by atoms with Crippen LogP contribution in [0.4, 0.5) is 0 Å². The van der Waals surface area contributed by atoms with Crippen molar-refractivity contribution in [3.8, 4) is 0 Å². The van der Waals surface area contributed by atoms with E-state index in [0.29, 0.717) is 6.42 Å². The first kappa shape index (κ1) is 15.1. The van der Waals surface area contributed by atoms with E-state index in [1.165, 1.54) is 51.2 Å². The minimum absolute atomic E-state index is 0.169. The van der Waals surface area contributed by atoms with E-state index >= 15 is 0 Å². The predicted octanol–water partition coefficient (Wildman–Crippen LogP) is 4.48. The summed E-state index contributed by atoms with van der Waals surface area (Å²) in [6, 6.07) is 8.54. The van der Waals surface area contributed by atoms with Crippen LogP contribution < -0.4 is 0 Å². The van der Waals surface area contributed by atoms with Gasteiger partial charge in [-0.1, -0.05) is 44.0 Å². The Labute approximate surface area is 122 Å². The minimum atomic E-state index is -0.169. The Balaban J connectivity index is 1.89. The molecule has 1 aromatic carbocycles. The van der Waals surface area contributed by atoms with Gasteiger partial charge in [0.15, 0.2) is 0 Å². The zero-order valence-corrected chi connectivity index (χ0v) is 12.7. The van der Waals surface area contributed by atoms with Gasteiger partial charge in [0, 0.05) is 0 Å². The second-order valence-electron chi connectivity index (χ2n) is 6.00. The van der Waals surface area contributed by atoms with Crippen molar-refractivity contribution in [3.63, 3.8) is 0 Å². The van der Waals surface area contributed by atoms with Gasteiger partial charge in [-0.15, -0.1) is 0 Å². The van der Waals surface area contributed by atoms with E-state index < -0.39 is 0 Å². The van der Waals surface area contributed by atoms with Crippen LogP contribution in [-0.4, -0.2) is 13.1 Å². The Hall–Kier alpha value is -1.31. The van der Waals surface area contributed by atoms with Crippen LogP contribution in [0.1, 0.15) is 62.5 Å². The Morgan fingerprint density at radius 1 is 1.15 bits per heavy atom. The highest BCUT2D eigenvalue weighted by molar-refractivity contribution is 5.72. The van der Waals surface area contributed by atoms with E-state index in [9.17, 15) is 4.79 Å². The molecule has 2 heteroatoms. The van der Waals surface area contributed by atoms with E-state index in [1.807, 2.05) is 0 Å². The number of esters is 1. The first-order chi connectivity index (χ1) is 9.72. The van der Waals surface area contributed by atoms with E-state index in [2.05, 4.69) is 31.2 Å². The summed E-state index contributed by atoms with van der Waals surface area (Å²) in [5.74, 6) is 1.50. The zero-order valence-electron chi connectivity index (χ0n) is 12.7. The third kappa shape index (κ3) is 4.09. The first-order valence-corrected chi connectivity index (χ1v) is 7.88. The number of carbonyl (C=O) groups excluding carboxylic acids is 1. The summed E-state index contributed by atoms with van der Waals surface area (Å²) in [6.45, 7) is 2.28. The van der Waals surface area contributed by atoms with Gasteiger partial charge >= 0.3 is 5.97 Å². The molecule has 20 heavy (non-hydrogen) atoms. The molecule has 1 saturated carbocycles. The molecule has 110 valence electrons. The number of ether oxygens (including phenoxy) is 1. The van der Waals surface area contributed by atoms with Crippen LogP contribution in [0.25, 0.3) is 0 Å². The average Bonchev–Trinajstić information content (AvgIpc) is 2.49. The second kappa shape index (κ2) is 7.47. The predicted molar refractivity (Wildman–Crippen MR) is 81.8 cm³/mol. The lowest BCUT2D eigenvalue weighted by molar-refractivity contribution is -0.139. The summed E-state index contributed by atoms with van der Waals surface area (Å²) in [5, 5.41) is 0. The maximum absolute atomic E-state index is 11.2. The fraction of sp³-hybridized carbons (Fsp3) is 0.611. The van der Waals surface area contributed by atoms with Crippen LogP contribution in [0.3, 0.4) is 0 Å². The Morgan fingerprint density at radius 3 is 2.35 bits per heavy atom. The topological polar surface area (TPSA) is 26.3 Å². The molecule has 1 aliphatic rings. The molecule has 0 amide bonds. The van der Waals surface area contributed by atoms with Gasteiger partial charge in [0.1, 0.15) is 0 Å². The van der Waals surface area contributed by atoms with Crippen molar-refractivity contribution in [2.45, 2.75) is 57.8 Å². The lowest BCUT2D eigenvalue weighted by Gasteiger charge is -2.28. The molecule has 1 fully saturated rings. The molecule has 1 aromatic rings. The summed E-state index contributed by atoms with van der Waals surface area (Å²) >= 11 is 0. The average molecular weight is 274 g/mol. The second-order valence-corrected chi connectivity index (χ2v) is 6.00. The third-order valence-corrected chi connectivity index (χ3v) is 4.57. The van der Waals surface area contributed by atoms with Crippen molar-refractivity contribution < 1.29 is 9.53 Å². The molecule has 2 nitrogen and oxygen atoms in total. The van der Waals surface area contributed by atoms with Crippen LogP contribution in [0.15, 0.2) is 24.3 Å². The number of hydrogen-bond acceptors (Lipinski definition) is 2. The first-order valence-electron chi connectivity index (χ1n) is 7.88. The van der Waals surface area contributed by atoms with E-state index in [-0.39, 0.29) is 5.97 Å². The van der Waals surface area contributed by atoms with Gasteiger partial charge in [-0.3, -0.25) is 4.79 Å². The molecule has 0 saturated heterocycles. The van der Waals surface area contributed by atoms with Gasteiger partial charge in [-0.25, -0.2) is 0 Å². The number of benzene rings is 1. The van der Waals surface area contributed by atoms with Crippen molar-refractivity contribution in [2.24, 2.45) is 5.92 Å². The molecule has 0 atom stereocenters. The summed E-state index contributed by atoms with van der Waals surface area (Å²) in [7, 11) is 1.44. The summed E-state index contributed by atoms with van der Waals surface area (Å²) in [5.41, 5.74) is 2.48. The van der Waals surface area contributed by atoms with E-state index in [0.717, 1.165) is 17.4 Å². The summed E-state index contributed by atoms with van der Waals surface area (Å²) in [6.07, 6.45) is 8.48. The number of rotatable bonds is 5. The van der Waals surface area contributed by atoms with Crippen molar-refractivity contribution in [3.05, 3.63) is 35.4 Å². The highest BCUT2D eigenvalue weighted by Gasteiger charge is 2.21. The molecular formula is C18H26O2.